The first-order valence-corrected chi connectivity index (χ1v) is 8.62. The SMILES string of the molecule is Cn1cnc(C(=O)N2CCCCCC2/C=C/c2cccs2)c1. The Morgan fingerprint density at radius 2 is 2.32 bits per heavy atom. The van der Waals surface area contributed by atoms with Crippen LogP contribution in [0.2, 0.25) is 0 Å². The Morgan fingerprint density at radius 3 is 3.05 bits per heavy atom. The highest BCUT2D eigenvalue weighted by atomic mass is 32.1. The monoisotopic (exact) mass is 315 g/mol. The number of rotatable bonds is 3. The lowest BCUT2D eigenvalue weighted by Crippen LogP contribution is -2.39. The summed E-state index contributed by atoms with van der Waals surface area (Å²) in [7, 11) is 1.89. The van der Waals surface area contributed by atoms with Gasteiger partial charge in [-0.3, -0.25) is 4.79 Å². The normalized spacial score (nSPS) is 19.5. The highest BCUT2D eigenvalue weighted by molar-refractivity contribution is 7.10. The van der Waals surface area contributed by atoms with Crippen LogP contribution in [0.15, 0.2) is 36.1 Å². The van der Waals surface area contributed by atoms with Crippen molar-refractivity contribution in [1.29, 1.82) is 0 Å². The number of thiophene rings is 1. The fraction of sp³-hybridized carbons (Fsp3) is 0.412. The summed E-state index contributed by atoms with van der Waals surface area (Å²) in [6, 6.07) is 4.32. The van der Waals surface area contributed by atoms with Crippen molar-refractivity contribution in [2.75, 3.05) is 6.54 Å². The number of nitrogens with zero attached hydrogens (tertiary/aromatic N) is 3. The summed E-state index contributed by atoms with van der Waals surface area (Å²) in [6.07, 6.45) is 12.3. The van der Waals surface area contributed by atoms with E-state index in [1.807, 2.05) is 22.6 Å². The molecule has 1 atom stereocenters. The van der Waals surface area contributed by atoms with Crippen molar-refractivity contribution >= 4 is 23.3 Å². The van der Waals surface area contributed by atoms with Crippen molar-refractivity contribution in [3.63, 3.8) is 0 Å². The molecule has 116 valence electrons. The summed E-state index contributed by atoms with van der Waals surface area (Å²) in [5.41, 5.74) is 0.541. The zero-order chi connectivity index (χ0) is 15.4. The van der Waals surface area contributed by atoms with Crippen molar-refractivity contribution in [2.45, 2.75) is 31.7 Å². The Labute approximate surface area is 135 Å². The van der Waals surface area contributed by atoms with E-state index in [0.717, 1.165) is 19.4 Å². The molecular formula is C17H21N3OS. The van der Waals surface area contributed by atoms with Gasteiger partial charge >= 0.3 is 0 Å². The Hall–Kier alpha value is -1.88. The summed E-state index contributed by atoms with van der Waals surface area (Å²) < 4.78 is 1.82. The summed E-state index contributed by atoms with van der Waals surface area (Å²) in [5, 5.41) is 2.07. The standard InChI is InChI=1S/C17H21N3OS/c1-19-12-16(18-13-19)17(21)20-10-4-2-3-6-14(20)8-9-15-7-5-11-22-15/h5,7-9,11-14H,2-4,6,10H2,1H3/b9-8+. The van der Waals surface area contributed by atoms with Crippen molar-refractivity contribution in [2.24, 2.45) is 7.05 Å². The van der Waals surface area contributed by atoms with Crippen LogP contribution in [0.5, 0.6) is 0 Å². The van der Waals surface area contributed by atoms with Gasteiger partial charge in [0.2, 0.25) is 0 Å². The van der Waals surface area contributed by atoms with E-state index in [1.165, 1.54) is 17.7 Å². The second-order valence-electron chi connectivity index (χ2n) is 5.71. The largest absolute Gasteiger partial charge is 0.340 e. The molecule has 1 unspecified atom stereocenters. The van der Waals surface area contributed by atoms with Crippen LogP contribution in [0.4, 0.5) is 0 Å². The van der Waals surface area contributed by atoms with E-state index in [1.54, 1.807) is 23.9 Å². The average Bonchev–Trinajstić information content (AvgIpc) is 3.12. The number of aryl methyl sites for hydroxylation is 1. The van der Waals surface area contributed by atoms with Crippen LogP contribution in [0.1, 0.15) is 41.0 Å². The molecule has 0 aliphatic carbocycles. The second-order valence-corrected chi connectivity index (χ2v) is 6.69. The number of aromatic nitrogens is 2. The van der Waals surface area contributed by atoms with Crippen LogP contribution < -0.4 is 0 Å². The molecule has 0 saturated carbocycles. The van der Waals surface area contributed by atoms with Gasteiger partial charge in [0.15, 0.2) is 0 Å². The number of likely N-dealkylation sites (tertiary alicyclic amines) is 1. The van der Waals surface area contributed by atoms with Crippen LogP contribution in [0.3, 0.4) is 0 Å². The highest BCUT2D eigenvalue weighted by Crippen LogP contribution is 2.21. The molecule has 1 saturated heterocycles. The lowest BCUT2D eigenvalue weighted by molar-refractivity contribution is 0.0713. The van der Waals surface area contributed by atoms with E-state index in [-0.39, 0.29) is 11.9 Å². The first kappa shape index (κ1) is 15.0. The predicted molar refractivity (Wildman–Crippen MR) is 89.9 cm³/mol. The van der Waals surface area contributed by atoms with Crippen LogP contribution >= 0.6 is 11.3 Å². The molecule has 2 aromatic heterocycles. The number of hydrogen-bond acceptors (Lipinski definition) is 3. The Bertz CT molecular complexity index is 645. The van der Waals surface area contributed by atoms with E-state index in [2.05, 4.69) is 28.6 Å². The molecule has 0 bridgehead atoms. The molecule has 1 aliphatic rings. The average molecular weight is 315 g/mol. The second kappa shape index (κ2) is 6.92. The molecular weight excluding hydrogens is 294 g/mol. The van der Waals surface area contributed by atoms with Gasteiger partial charge in [-0.15, -0.1) is 11.3 Å². The lowest BCUT2D eigenvalue weighted by atomic mass is 10.1. The maximum atomic E-state index is 12.8. The predicted octanol–water partition coefficient (Wildman–Crippen LogP) is 3.58. The van der Waals surface area contributed by atoms with Crippen LogP contribution in [0, 0.1) is 0 Å². The van der Waals surface area contributed by atoms with Crippen LogP contribution in [-0.2, 0) is 7.05 Å². The maximum absolute atomic E-state index is 12.8. The van der Waals surface area contributed by atoms with Crippen LogP contribution in [-0.4, -0.2) is 32.9 Å². The van der Waals surface area contributed by atoms with Crippen molar-refractivity contribution < 1.29 is 4.79 Å². The van der Waals surface area contributed by atoms with E-state index < -0.39 is 0 Å². The van der Waals surface area contributed by atoms with Gasteiger partial charge in [-0.25, -0.2) is 4.98 Å². The fourth-order valence-electron chi connectivity index (χ4n) is 2.85. The lowest BCUT2D eigenvalue weighted by Gasteiger charge is -2.27. The third-order valence-corrected chi connectivity index (χ3v) is 4.85. The highest BCUT2D eigenvalue weighted by Gasteiger charge is 2.25. The van der Waals surface area contributed by atoms with Gasteiger partial charge in [0.25, 0.3) is 5.91 Å². The van der Waals surface area contributed by atoms with Gasteiger partial charge in [-0.2, -0.15) is 0 Å². The minimum atomic E-state index is 0.0447. The summed E-state index contributed by atoms with van der Waals surface area (Å²) in [6.45, 7) is 0.814. The Morgan fingerprint density at radius 1 is 1.41 bits per heavy atom. The van der Waals surface area contributed by atoms with Gasteiger partial charge in [0.1, 0.15) is 5.69 Å². The maximum Gasteiger partial charge on any atom is 0.274 e. The minimum Gasteiger partial charge on any atom is -0.340 e. The number of carbonyl (C=O) groups is 1. The number of carbonyl (C=O) groups excluding carboxylic acids is 1. The minimum absolute atomic E-state index is 0.0447. The van der Waals surface area contributed by atoms with Gasteiger partial charge in [-0.1, -0.05) is 25.0 Å². The van der Waals surface area contributed by atoms with Gasteiger partial charge in [0, 0.05) is 24.7 Å². The molecule has 3 heterocycles. The smallest absolute Gasteiger partial charge is 0.274 e. The van der Waals surface area contributed by atoms with E-state index in [4.69, 9.17) is 0 Å². The molecule has 0 aromatic carbocycles. The van der Waals surface area contributed by atoms with Gasteiger partial charge < -0.3 is 9.47 Å². The first-order valence-electron chi connectivity index (χ1n) is 7.75. The number of amides is 1. The fourth-order valence-corrected chi connectivity index (χ4v) is 3.48. The summed E-state index contributed by atoms with van der Waals surface area (Å²) in [4.78, 5) is 20.2. The van der Waals surface area contributed by atoms with E-state index in [9.17, 15) is 4.79 Å². The van der Waals surface area contributed by atoms with Crippen molar-refractivity contribution in [1.82, 2.24) is 14.5 Å². The zero-order valence-electron chi connectivity index (χ0n) is 12.8. The topological polar surface area (TPSA) is 38.1 Å². The Kier molecular flexibility index (Phi) is 4.73. The van der Waals surface area contributed by atoms with Gasteiger partial charge in [-0.05, 0) is 30.4 Å². The molecule has 1 amide bonds. The quantitative estimate of drug-likeness (QED) is 0.868. The summed E-state index contributed by atoms with van der Waals surface area (Å²) in [5.74, 6) is 0.0447. The third-order valence-electron chi connectivity index (χ3n) is 4.01. The van der Waals surface area contributed by atoms with E-state index >= 15 is 0 Å². The zero-order valence-corrected chi connectivity index (χ0v) is 13.6. The number of imidazole rings is 1. The van der Waals surface area contributed by atoms with Crippen LogP contribution in [0.25, 0.3) is 6.08 Å². The number of hydrogen-bond donors (Lipinski definition) is 0. The van der Waals surface area contributed by atoms with Crippen molar-refractivity contribution in [3.05, 3.63) is 46.7 Å². The molecule has 3 rings (SSSR count). The molecule has 4 nitrogen and oxygen atoms in total. The molecule has 1 fully saturated rings. The third kappa shape index (κ3) is 3.47. The van der Waals surface area contributed by atoms with E-state index in [0.29, 0.717) is 5.69 Å². The summed E-state index contributed by atoms with van der Waals surface area (Å²) >= 11 is 1.72. The molecule has 1 aliphatic heterocycles. The molecule has 0 spiro atoms. The molecule has 2 aromatic rings. The first-order chi connectivity index (χ1) is 10.7. The molecule has 22 heavy (non-hydrogen) atoms. The molecule has 5 heteroatoms. The Balaban J connectivity index is 1.79. The van der Waals surface area contributed by atoms with Gasteiger partial charge in [0.05, 0.1) is 12.4 Å². The molecule has 0 radical (unpaired) electrons. The molecule has 0 N–H and O–H groups in total. The van der Waals surface area contributed by atoms with Crippen molar-refractivity contribution in [3.8, 4) is 0 Å².